The zero-order chi connectivity index (χ0) is 19.7. The third-order valence-electron chi connectivity index (χ3n) is 5.71. The van der Waals surface area contributed by atoms with Gasteiger partial charge in [0, 0.05) is 31.2 Å². The summed E-state index contributed by atoms with van der Waals surface area (Å²) in [7, 11) is 0. The maximum atomic E-state index is 14.0. The summed E-state index contributed by atoms with van der Waals surface area (Å²) >= 11 is 0. The van der Waals surface area contributed by atoms with E-state index < -0.39 is 11.6 Å². The van der Waals surface area contributed by atoms with Gasteiger partial charge in [0.15, 0.2) is 0 Å². The van der Waals surface area contributed by atoms with Gasteiger partial charge in [0.05, 0.1) is 6.10 Å². The zero-order valence-corrected chi connectivity index (χ0v) is 15.6. The van der Waals surface area contributed by atoms with Crippen LogP contribution in [0.15, 0.2) is 42.5 Å². The van der Waals surface area contributed by atoms with E-state index >= 15 is 0 Å². The van der Waals surface area contributed by atoms with Crippen molar-refractivity contribution in [2.75, 3.05) is 18.4 Å². The summed E-state index contributed by atoms with van der Waals surface area (Å²) in [6, 6.07) is 11.0. The summed E-state index contributed by atoms with van der Waals surface area (Å²) in [5.41, 5.74) is 2.05. The molecule has 0 radical (unpaired) electrons. The van der Waals surface area contributed by atoms with Crippen LogP contribution in [0.3, 0.4) is 0 Å². The topological polar surface area (TPSA) is 52.6 Å². The predicted molar refractivity (Wildman–Crippen MR) is 103 cm³/mol. The third-order valence-corrected chi connectivity index (χ3v) is 5.71. The van der Waals surface area contributed by atoms with Crippen molar-refractivity contribution in [2.24, 2.45) is 5.92 Å². The minimum absolute atomic E-state index is 0.157. The highest BCUT2D eigenvalue weighted by atomic mass is 19.1. The van der Waals surface area contributed by atoms with Gasteiger partial charge in [-0.25, -0.2) is 8.78 Å². The molecule has 2 N–H and O–H groups in total. The molecule has 2 aliphatic rings. The Kier molecular flexibility index (Phi) is 5.42. The quantitative estimate of drug-likeness (QED) is 0.825. The number of hydrogen-bond acceptors (Lipinski definition) is 3. The van der Waals surface area contributed by atoms with Crippen molar-refractivity contribution in [3.63, 3.8) is 0 Å². The van der Waals surface area contributed by atoms with E-state index in [1.54, 1.807) is 0 Å². The van der Waals surface area contributed by atoms with Crippen LogP contribution in [-0.2, 0) is 11.3 Å². The number of carbonyl (C=O) groups excluding carboxylic acids is 1. The number of halogens is 2. The summed E-state index contributed by atoms with van der Waals surface area (Å²) in [5, 5.41) is 12.6. The fourth-order valence-corrected chi connectivity index (χ4v) is 3.95. The van der Waals surface area contributed by atoms with E-state index in [1.807, 2.05) is 24.3 Å². The molecule has 4 nitrogen and oxygen atoms in total. The Bertz CT molecular complexity index is 865. The lowest BCUT2D eigenvalue weighted by molar-refractivity contribution is -0.117. The Morgan fingerprint density at radius 3 is 2.68 bits per heavy atom. The molecular weight excluding hydrogens is 362 g/mol. The summed E-state index contributed by atoms with van der Waals surface area (Å²) < 4.78 is 27.4. The van der Waals surface area contributed by atoms with Gasteiger partial charge in [-0.1, -0.05) is 18.2 Å². The Morgan fingerprint density at radius 2 is 1.89 bits per heavy atom. The lowest BCUT2D eigenvalue weighted by Gasteiger charge is -2.30. The first-order valence-electron chi connectivity index (χ1n) is 9.75. The van der Waals surface area contributed by atoms with Gasteiger partial charge in [-0.2, -0.15) is 0 Å². The highest BCUT2D eigenvalue weighted by Crippen LogP contribution is 2.49. The van der Waals surface area contributed by atoms with Gasteiger partial charge in [-0.05, 0) is 60.6 Å². The van der Waals surface area contributed by atoms with Crippen molar-refractivity contribution in [1.29, 1.82) is 0 Å². The number of benzene rings is 2. The van der Waals surface area contributed by atoms with Gasteiger partial charge in [-0.15, -0.1) is 0 Å². The second kappa shape index (κ2) is 7.97. The Balaban J connectivity index is 1.41. The molecule has 4 rings (SSSR count). The highest BCUT2D eigenvalue weighted by molar-refractivity contribution is 5.95. The molecule has 1 amide bonds. The van der Waals surface area contributed by atoms with Crippen molar-refractivity contribution in [3.8, 4) is 0 Å². The number of aliphatic hydroxyl groups is 1. The van der Waals surface area contributed by atoms with Crippen molar-refractivity contribution in [2.45, 2.75) is 37.8 Å². The number of hydrogen-bond donors (Lipinski definition) is 2. The number of amides is 1. The first-order valence-corrected chi connectivity index (χ1v) is 9.75. The Morgan fingerprint density at radius 1 is 1.14 bits per heavy atom. The van der Waals surface area contributed by atoms with Crippen LogP contribution in [0, 0.1) is 17.6 Å². The number of likely N-dealkylation sites (tertiary alicyclic amines) is 1. The first-order chi connectivity index (χ1) is 13.5. The van der Waals surface area contributed by atoms with E-state index in [4.69, 9.17) is 0 Å². The van der Waals surface area contributed by atoms with Gasteiger partial charge in [0.1, 0.15) is 11.6 Å². The molecule has 1 heterocycles. The van der Waals surface area contributed by atoms with Gasteiger partial charge >= 0.3 is 0 Å². The van der Waals surface area contributed by atoms with Crippen LogP contribution in [0.25, 0.3) is 0 Å². The number of aliphatic hydroxyl groups excluding tert-OH is 1. The van der Waals surface area contributed by atoms with Crippen LogP contribution in [0.1, 0.15) is 36.3 Å². The molecule has 148 valence electrons. The molecule has 2 fully saturated rings. The van der Waals surface area contributed by atoms with Gasteiger partial charge in [0.2, 0.25) is 5.91 Å². The molecule has 1 aliphatic heterocycles. The molecule has 2 aromatic carbocycles. The van der Waals surface area contributed by atoms with Gasteiger partial charge in [-0.3, -0.25) is 9.69 Å². The SMILES string of the molecule is O=C(Nc1ccccc1CN1CCC(O)CC1)[C@@H]1C[C@@H]1c1cc(F)ccc1F. The standard InChI is InChI=1S/C22H24F2N2O2/c23-15-5-6-20(24)18(11-15)17-12-19(17)22(28)25-21-4-2-1-3-14(21)13-26-9-7-16(27)8-10-26/h1-6,11,16-17,19,27H,7-10,12-13H2,(H,25,28)/t17-,19-/m1/s1. The Hall–Kier alpha value is -2.31. The number of para-hydroxylation sites is 1. The minimum Gasteiger partial charge on any atom is -0.393 e. The molecule has 1 saturated heterocycles. The number of piperidine rings is 1. The van der Waals surface area contributed by atoms with E-state index in [2.05, 4.69) is 10.2 Å². The summed E-state index contributed by atoms with van der Waals surface area (Å²) in [4.78, 5) is 14.9. The molecule has 0 aromatic heterocycles. The van der Waals surface area contributed by atoms with E-state index in [1.165, 1.54) is 6.07 Å². The molecule has 0 bridgehead atoms. The molecular formula is C22H24F2N2O2. The number of anilines is 1. The van der Waals surface area contributed by atoms with Crippen LogP contribution in [0.2, 0.25) is 0 Å². The second-order valence-corrected chi connectivity index (χ2v) is 7.77. The van der Waals surface area contributed by atoms with Crippen molar-refractivity contribution >= 4 is 11.6 Å². The van der Waals surface area contributed by atoms with Crippen molar-refractivity contribution in [1.82, 2.24) is 4.90 Å². The average molecular weight is 386 g/mol. The van der Waals surface area contributed by atoms with Crippen LogP contribution in [0.4, 0.5) is 14.5 Å². The molecule has 1 saturated carbocycles. The zero-order valence-electron chi connectivity index (χ0n) is 15.6. The van der Waals surface area contributed by atoms with Gasteiger partial charge in [0.25, 0.3) is 0 Å². The maximum absolute atomic E-state index is 14.0. The fourth-order valence-electron chi connectivity index (χ4n) is 3.95. The average Bonchev–Trinajstić information content (AvgIpc) is 3.48. The molecule has 0 spiro atoms. The minimum atomic E-state index is -0.487. The number of rotatable bonds is 5. The molecule has 0 unspecified atom stereocenters. The summed E-state index contributed by atoms with van der Waals surface area (Å²) in [6.45, 7) is 2.36. The third kappa shape index (κ3) is 4.23. The van der Waals surface area contributed by atoms with E-state index in [9.17, 15) is 18.7 Å². The maximum Gasteiger partial charge on any atom is 0.228 e. The van der Waals surface area contributed by atoms with Crippen LogP contribution >= 0.6 is 0 Å². The molecule has 28 heavy (non-hydrogen) atoms. The van der Waals surface area contributed by atoms with Crippen LogP contribution < -0.4 is 5.32 Å². The second-order valence-electron chi connectivity index (χ2n) is 7.77. The predicted octanol–water partition coefficient (Wildman–Crippen LogP) is 3.66. The first kappa shape index (κ1) is 19.0. The van der Waals surface area contributed by atoms with Crippen molar-refractivity contribution < 1.29 is 18.7 Å². The monoisotopic (exact) mass is 386 g/mol. The largest absolute Gasteiger partial charge is 0.393 e. The van der Waals surface area contributed by atoms with Crippen LogP contribution in [-0.4, -0.2) is 35.1 Å². The van der Waals surface area contributed by atoms with Crippen LogP contribution in [0.5, 0.6) is 0 Å². The van der Waals surface area contributed by atoms with E-state index in [-0.39, 0.29) is 29.4 Å². The van der Waals surface area contributed by atoms with E-state index in [0.717, 1.165) is 49.3 Å². The Labute approximate surface area is 163 Å². The fraction of sp³-hybridized carbons (Fsp3) is 0.409. The molecule has 2 aromatic rings. The van der Waals surface area contributed by atoms with Crippen molar-refractivity contribution in [3.05, 3.63) is 65.2 Å². The smallest absolute Gasteiger partial charge is 0.228 e. The van der Waals surface area contributed by atoms with E-state index in [0.29, 0.717) is 13.0 Å². The normalized spacial score (nSPS) is 22.8. The summed E-state index contributed by atoms with van der Waals surface area (Å²) in [6.07, 6.45) is 1.83. The molecule has 1 aliphatic carbocycles. The lowest BCUT2D eigenvalue weighted by atomic mass is 10.1. The lowest BCUT2D eigenvalue weighted by Crippen LogP contribution is -2.35. The molecule has 2 atom stereocenters. The number of nitrogens with zero attached hydrogens (tertiary/aromatic N) is 1. The number of carbonyl (C=O) groups is 1. The summed E-state index contributed by atoms with van der Waals surface area (Å²) in [5.74, 6) is -1.72. The number of nitrogens with one attached hydrogen (secondary N) is 1. The highest BCUT2D eigenvalue weighted by Gasteiger charge is 2.45. The van der Waals surface area contributed by atoms with Gasteiger partial charge < -0.3 is 10.4 Å². The molecule has 6 heteroatoms.